The highest BCUT2D eigenvalue weighted by atomic mass is 16.5. The summed E-state index contributed by atoms with van der Waals surface area (Å²) in [6, 6.07) is 14.2. The normalized spacial score (nSPS) is 11.1. The van der Waals surface area contributed by atoms with Crippen LogP contribution in [0.1, 0.15) is 16.7 Å². The molecule has 0 atom stereocenters. The first kappa shape index (κ1) is 18.5. The Balaban J connectivity index is 1.72. The molecule has 3 rings (SSSR count). The fraction of sp³-hybridized carbons (Fsp3) is 0.238. The van der Waals surface area contributed by atoms with Crippen molar-refractivity contribution in [3.05, 3.63) is 65.4 Å². The molecule has 0 bridgehead atoms. The van der Waals surface area contributed by atoms with E-state index < -0.39 is 6.09 Å². The summed E-state index contributed by atoms with van der Waals surface area (Å²) >= 11 is 0. The summed E-state index contributed by atoms with van der Waals surface area (Å²) in [6.07, 6.45) is 3.01. The van der Waals surface area contributed by atoms with E-state index in [1.54, 1.807) is 6.21 Å². The molecule has 0 aliphatic rings. The summed E-state index contributed by atoms with van der Waals surface area (Å²) in [5.74, 6) is 0.874. The fourth-order valence-corrected chi connectivity index (χ4v) is 2.83. The van der Waals surface area contributed by atoms with Gasteiger partial charge in [0.2, 0.25) is 0 Å². The number of aryl methyl sites for hydroxylation is 2. The fourth-order valence-electron chi connectivity index (χ4n) is 2.83. The van der Waals surface area contributed by atoms with Crippen molar-refractivity contribution in [2.45, 2.75) is 20.4 Å². The molecule has 1 N–H and O–H groups in total. The molecule has 3 aromatic rings. The molecule has 1 amide bonds. The Morgan fingerprint density at radius 3 is 2.78 bits per heavy atom. The highest BCUT2D eigenvalue weighted by Gasteiger charge is 2.07. The van der Waals surface area contributed by atoms with Gasteiger partial charge in [0.1, 0.15) is 12.4 Å². The minimum absolute atomic E-state index is 0.554. The summed E-state index contributed by atoms with van der Waals surface area (Å²) in [6.45, 7) is 5.42. The minimum atomic E-state index is -0.600. The van der Waals surface area contributed by atoms with Crippen molar-refractivity contribution in [2.75, 3.05) is 13.7 Å². The zero-order valence-electron chi connectivity index (χ0n) is 15.7. The molecule has 0 aliphatic heterocycles. The number of benzene rings is 2. The summed E-state index contributed by atoms with van der Waals surface area (Å²) < 4.78 is 12.5. The number of hydrogen-bond acceptors (Lipinski definition) is 4. The number of hydrogen-bond donors (Lipinski definition) is 1. The first-order chi connectivity index (χ1) is 13.1. The third-order valence-corrected chi connectivity index (χ3v) is 4.44. The van der Waals surface area contributed by atoms with Crippen LogP contribution < -0.4 is 10.2 Å². The molecule has 6 heteroatoms. The van der Waals surface area contributed by atoms with Crippen molar-refractivity contribution in [3.63, 3.8) is 0 Å². The van der Waals surface area contributed by atoms with Gasteiger partial charge in [-0.15, -0.1) is 0 Å². The van der Waals surface area contributed by atoms with Crippen LogP contribution in [0.4, 0.5) is 4.79 Å². The van der Waals surface area contributed by atoms with E-state index in [1.165, 1.54) is 18.2 Å². The second-order valence-electron chi connectivity index (χ2n) is 6.25. The molecule has 6 nitrogen and oxygen atoms in total. The first-order valence-electron chi connectivity index (χ1n) is 8.73. The number of methoxy groups -OCH3 is 1. The Kier molecular flexibility index (Phi) is 5.76. The molecule has 2 aromatic carbocycles. The molecule has 1 heterocycles. The number of aromatic nitrogens is 1. The topological polar surface area (TPSA) is 64.8 Å². The predicted molar refractivity (Wildman–Crippen MR) is 106 cm³/mol. The van der Waals surface area contributed by atoms with Gasteiger partial charge in [0.25, 0.3) is 0 Å². The van der Waals surface area contributed by atoms with Gasteiger partial charge in [-0.05, 0) is 43.2 Å². The lowest BCUT2D eigenvalue weighted by atomic mass is 10.1. The molecule has 0 radical (unpaired) electrons. The van der Waals surface area contributed by atoms with E-state index in [0.29, 0.717) is 13.2 Å². The van der Waals surface area contributed by atoms with E-state index in [2.05, 4.69) is 51.9 Å². The highest BCUT2D eigenvalue weighted by molar-refractivity contribution is 5.99. The van der Waals surface area contributed by atoms with E-state index in [9.17, 15) is 4.79 Å². The van der Waals surface area contributed by atoms with E-state index in [0.717, 1.165) is 22.2 Å². The van der Waals surface area contributed by atoms with Crippen LogP contribution >= 0.6 is 0 Å². The van der Waals surface area contributed by atoms with E-state index >= 15 is 0 Å². The molecule has 0 fully saturated rings. The lowest BCUT2D eigenvalue weighted by Crippen LogP contribution is -2.16. The highest BCUT2D eigenvalue weighted by Crippen LogP contribution is 2.21. The van der Waals surface area contributed by atoms with Crippen molar-refractivity contribution in [3.8, 4) is 5.75 Å². The maximum absolute atomic E-state index is 11.1. The smallest absolute Gasteiger partial charge is 0.427 e. The van der Waals surface area contributed by atoms with Gasteiger partial charge in [-0.3, -0.25) is 0 Å². The molecule has 1 aromatic heterocycles. The molecule has 27 heavy (non-hydrogen) atoms. The van der Waals surface area contributed by atoms with E-state index in [4.69, 9.17) is 4.74 Å². The number of fused-ring (bicyclic) bond motifs is 1. The average Bonchev–Trinajstić information content (AvgIpc) is 3.02. The Morgan fingerprint density at radius 2 is 2.00 bits per heavy atom. The summed E-state index contributed by atoms with van der Waals surface area (Å²) in [5.41, 5.74) is 6.77. The Hall–Kier alpha value is -3.28. The number of ether oxygens (including phenoxy) is 2. The maximum Gasteiger partial charge on any atom is 0.427 e. The third-order valence-electron chi connectivity index (χ3n) is 4.44. The van der Waals surface area contributed by atoms with Crippen LogP contribution in [0.25, 0.3) is 10.9 Å². The van der Waals surface area contributed by atoms with Crippen molar-refractivity contribution < 1.29 is 14.3 Å². The monoisotopic (exact) mass is 365 g/mol. The molecule has 0 saturated heterocycles. The van der Waals surface area contributed by atoms with Gasteiger partial charge in [0.05, 0.1) is 19.9 Å². The lowest BCUT2D eigenvalue weighted by molar-refractivity contribution is 0.171. The average molecular weight is 365 g/mol. The molecule has 0 unspecified atom stereocenters. The molecule has 0 spiro atoms. The second-order valence-corrected chi connectivity index (χ2v) is 6.25. The molecular weight excluding hydrogens is 342 g/mol. The van der Waals surface area contributed by atoms with E-state index in [-0.39, 0.29) is 0 Å². The predicted octanol–water partition coefficient (Wildman–Crippen LogP) is 4.03. The Morgan fingerprint density at radius 1 is 1.19 bits per heavy atom. The van der Waals surface area contributed by atoms with E-state index in [1.807, 2.05) is 30.5 Å². The lowest BCUT2D eigenvalue weighted by Gasteiger charge is -2.10. The van der Waals surface area contributed by atoms with Crippen LogP contribution in [-0.2, 0) is 11.3 Å². The van der Waals surface area contributed by atoms with Gasteiger partial charge in [0, 0.05) is 22.7 Å². The minimum Gasteiger partial charge on any atom is -0.492 e. The number of nitrogens with one attached hydrogen (secondary N) is 1. The number of amides is 1. The quantitative estimate of drug-likeness (QED) is 0.530. The van der Waals surface area contributed by atoms with Crippen molar-refractivity contribution >= 4 is 23.2 Å². The van der Waals surface area contributed by atoms with Crippen molar-refractivity contribution in [1.29, 1.82) is 0 Å². The number of para-hydroxylation sites is 1. The van der Waals surface area contributed by atoms with Crippen LogP contribution in [-0.4, -0.2) is 30.6 Å². The standard InChI is InChI=1S/C21H23N3O3/c1-15-8-9-18(12-16(15)2)27-11-10-24-14-17(13-22-23-21(25)26-3)19-6-4-5-7-20(19)24/h4-9,12-14H,10-11H2,1-3H3,(H,23,25). The molecular formula is C21H23N3O3. The first-order valence-corrected chi connectivity index (χ1v) is 8.73. The summed E-state index contributed by atoms with van der Waals surface area (Å²) in [5, 5.41) is 4.98. The Labute approximate surface area is 158 Å². The van der Waals surface area contributed by atoms with Crippen molar-refractivity contribution in [1.82, 2.24) is 9.99 Å². The largest absolute Gasteiger partial charge is 0.492 e. The van der Waals surface area contributed by atoms with Crippen LogP contribution in [0.15, 0.2) is 53.8 Å². The van der Waals surface area contributed by atoms with Gasteiger partial charge >= 0.3 is 6.09 Å². The number of carbonyl (C=O) groups excluding carboxylic acids is 1. The zero-order chi connectivity index (χ0) is 19.2. The van der Waals surface area contributed by atoms with Crippen molar-refractivity contribution in [2.24, 2.45) is 5.10 Å². The van der Waals surface area contributed by atoms with Crippen LogP contribution in [0, 0.1) is 13.8 Å². The summed E-state index contributed by atoms with van der Waals surface area (Å²) in [4.78, 5) is 11.1. The molecule has 0 saturated carbocycles. The van der Waals surface area contributed by atoms with Gasteiger partial charge < -0.3 is 14.0 Å². The summed E-state index contributed by atoms with van der Waals surface area (Å²) in [7, 11) is 1.30. The number of nitrogens with zero attached hydrogens (tertiary/aromatic N) is 2. The zero-order valence-corrected chi connectivity index (χ0v) is 15.7. The second kappa shape index (κ2) is 8.40. The third kappa shape index (κ3) is 4.47. The number of hydrazone groups is 1. The van der Waals surface area contributed by atoms with Crippen LogP contribution in [0.5, 0.6) is 5.75 Å². The van der Waals surface area contributed by atoms with Gasteiger partial charge in [-0.25, -0.2) is 10.2 Å². The SMILES string of the molecule is COC(=O)NN=Cc1cn(CCOc2ccc(C)c(C)c2)c2ccccc12. The number of carbonyl (C=O) groups is 1. The maximum atomic E-state index is 11.1. The van der Waals surface area contributed by atoms with Crippen LogP contribution in [0.3, 0.4) is 0 Å². The number of rotatable bonds is 6. The van der Waals surface area contributed by atoms with Gasteiger partial charge in [0.15, 0.2) is 0 Å². The Bertz CT molecular complexity index is 976. The van der Waals surface area contributed by atoms with Gasteiger partial charge in [-0.1, -0.05) is 24.3 Å². The molecule has 0 aliphatic carbocycles. The van der Waals surface area contributed by atoms with Gasteiger partial charge in [-0.2, -0.15) is 5.10 Å². The van der Waals surface area contributed by atoms with Crippen LogP contribution in [0.2, 0.25) is 0 Å². The molecule has 140 valence electrons.